The first-order valence-corrected chi connectivity index (χ1v) is 9.90. The molecule has 138 valence electrons. The molecule has 0 aliphatic heterocycles. The Kier molecular flexibility index (Phi) is 5.25. The molecule has 0 amide bonds. The van der Waals surface area contributed by atoms with Gasteiger partial charge < -0.3 is 9.30 Å². The second-order valence-corrected chi connectivity index (χ2v) is 7.69. The monoisotopic (exact) mass is 379 g/mol. The first kappa shape index (κ1) is 17.8. The van der Waals surface area contributed by atoms with Crippen LogP contribution in [0.2, 0.25) is 0 Å². The summed E-state index contributed by atoms with van der Waals surface area (Å²) in [6, 6.07) is 19.9. The molecule has 1 aliphatic carbocycles. The predicted octanol–water partition coefficient (Wildman–Crippen LogP) is 4.21. The number of esters is 1. The molecule has 6 heteroatoms. The number of nitrogens with zero attached hydrogens (tertiary/aromatic N) is 3. The third-order valence-corrected chi connectivity index (χ3v) is 5.83. The number of aromatic nitrogens is 3. The van der Waals surface area contributed by atoms with Crippen molar-refractivity contribution < 1.29 is 9.53 Å². The minimum atomic E-state index is -0.470. The van der Waals surface area contributed by atoms with Crippen LogP contribution in [0.5, 0.6) is 0 Å². The number of benzene rings is 2. The summed E-state index contributed by atoms with van der Waals surface area (Å²) in [7, 11) is 1.42. The van der Waals surface area contributed by atoms with E-state index in [-0.39, 0.29) is 5.97 Å². The fourth-order valence-corrected chi connectivity index (χ4v) is 4.11. The summed E-state index contributed by atoms with van der Waals surface area (Å²) in [4.78, 5) is 12.4. The zero-order chi connectivity index (χ0) is 18.6. The first-order valence-electron chi connectivity index (χ1n) is 9.02. The van der Waals surface area contributed by atoms with Crippen LogP contribution in [0.1, 0.15) is 41.0 Å². The van der Waals surface area contributed by atoms with Crippen molar-refractivity contribution in [3.05, 3.63) is 77.6 Å². The third-order valence-electron chi connectivity index (χ3n) is 4.61. The van der Waals surface area contributed by atoms with E-state index in [4.69, 9.17) is 4.74 Å². The molecule has 1 unspecified atom stereocenters. The summed E-state index contributed by atoms with van der Waals surface area (Å²) in [6.07, 6.45) is 2.30. The molecule has 0 saturated heterocycles. The van der Waals surface area contributed by atoms with Gasteiger partial charge in [0.1, 0.15) is 11.1 Å². The van der Waals surface area contributed by atoms with E-state index in [1.807, 2.05) is 48.5 Å². The average molecular weight is 379 g/mol. The number of thioether (sulfide) groups is 1. The molecule has 1 saturated carbocycles. The van der Waals surface area contributed by atoms with Crippen LogP contribution in [0.3, 0.4) is 0 Å². The van der Waals surface area contributed by atoms with Crippen molar-refractivity contribution in [1.82, 2.24) is 14.8 Å². The van der Waals surface area contributed by atoms with Crippen LogP contribution >= 0.6 is 11.8 Å². The van der Waals surface area contributed by atoms with E-state index in [1.165, 1.54) is 24.4 Å². The molecule has 3 aromatic rings. The lowest BCUT2D eigenvalue weighted by atomic mass is 10.1. The van der Waals surface area contributed by atoms with Crippen molar-refractivity contribution in [1.29, 1.82) is 0 Å². The van der Waals surface area contributed by atoms with Crippen molar-refractivity contribution in [2.45, 2.75) is 35.7 Å². The second-order valence-electron chi connectivity index (χ2n) is 6.62. The lowest BCUT2D eigenvalue weighted by Gasteiger charge is -2.16. The number of carbonyl (C=O) groups excluding carboxylic acids is 1. The van der Waals surface area contributed by atoms with E-state index in [9.17, 15) is 4.79 Å². The highest BCUT2D eigenvalue weighted by molar-refractivity contribution is 8.00. The Balaban J connectivity index is 1.67. The molecule has 0 spiro atoms. The van der Waals surface area contributed by atoms with Gasteiger partial charge in [0, 0.05) is 5.92 Å². The molecule has 1 aromatic heterocycles. The molecule has 4 rings (SSSR count). The van der Waals surface area contributed by atoms with Crippen LogP contribution in [0, 0.1) is 0 Å². The highest BCUT2D eigenvalue weighted by Gasteiger charge is 2.32. The largest absolute Gasteiger partial charge is 0.468 e. The normalized spacial score (nSPS) is 14.7. The minimum absolute atomic E-state index is 0.284. The standard InChI is InChI=1S/C21H21N3O2S/c1-26-20(25)18(16-10-6-3-7-11-16)27-21-23-22-19(17-12-13-17)24(21)14-15-8-4-2-5-9-15/h2-11,17-18H,12-14H2,1H3. The smallest absolute Gasteiger partial charge is 0.323 e. The van der Waals surface area contributed by atoms with Crippen LogP contribution in [0.25, 0.3) is 0 Å². The lowest BCUT2D eigenvalue weighted by Crippen LogP contribution is -2.13. The number of rotatable bonds is 7. The molecule has 5 nitrogen and oxygen atoms in total. The van der Waals surface area contributed by atoms with Gasteiger partial charge in [-0.2, -0.15) is 0 Å². The number of hydrogen-bond donors (Lipinski definition) is 0. The van der Waals surface area contributed by atoms with Crippen LogP contribution in [-0.2, 0) is 16.1 Å². The molecule has 0 radical (unpaired) electrons. The molecule has 0 N–H and O–H groups in total. The molecule has 1 aliphatic rings. The van der Waals surface area contributed by atoms with E-state index < -0.39 is 5.25 Å². The fraction of sp³-hybridized carbons (Fsp3) is 0.286. The molecule has 0 bridgehead atoms. The topological polar surface area (TPSA) is 57.0 Å². The van der Waals surface area contributed by atoms with Gasteiger partial charge in [-0.1, -0.05) is 72.4 Å². The van der Waals surface area contributed by atoms with Crippen LogP contribution in [0.4, 0.5) is 0 Å². The zero-order valence-electron chi connectivity index (χ0n) is 15.1. The fourth-order valence-electron chi connectivity index (χ4n) is 3.04. The summed E-state index contributed by atoms with van der Waals surface area (Å²) in [5.41, 5.74) is 2.09. The van der Waals surface area contributed by atoms with Crippen LogP contribution in [-0.4, -0.2) is 27.8 Å². The van der Waals surface area contributed by atoms with Gasteiger partial charge in [0.05, 0.1) is 13.7 Å². The summed E-state index contributed by atoms with van der Waals surface area (Å²) in [5, 5.41) is 9.15. The quantitative estimate of drug-likeness (QED) is 0.455. The van der Waals surface area contributed by atoms with Gasteiger partial charge in [-0.25, -0.2) is 0 Å². The van der Waals surface area contributed by atoms with Crippen molar-refractivity contribution in [3.8, 4) is 0 Å². The van der Waals surface area contributed by atoms with Crippen LogP contribution < -0.4 is 0 Å². The number of methoxy groups -OCH3 is 1. The summed E-state index contributed by atoms with van der Waals surface area (Å²) in [6.45, 7) is 0.699. The number of ether oxygens (including phenoxy) is 1. The van der Waals surface area contributed by atoms with E-state index in [0.29, 0.717) is 12.5 Å². The Morgan fingerprint density at radius 1 is 1.11 bits per heavy atom. The summed E-state index contributed by atoms with van der Waals surface area (Å²) in [5.74, 6) is 1.20. The summed E-state index contributed by atoms with van der Waals surface area (Å²) < 4.78 is 7.20. The molecule has 1 atom stereocenters. The highest BCUT2D eigenvalue weighted by Crippen LogP contribution is 2.42. The second kappa shape index (κ2) is 7.96. The Bertz CT molecular complexity index is 908. The van der Waals surface area contributed by atoms with E-state index in [2.05, 4.69) is 26.9 Å². The zero-order valence-corrected chi connectivity index (χ0v) is 15.9. The predicted molar refractivity (Wildman–Crippen MR) is 105 cm³/mol. The van der Waals surface area contributed by atoms with Gasteiger partial charge >= 0.3 is 5.97 Å². The van der Waals surface area contributed by atoms with Gasteiger partial charge in [0.15, 0.2) is 5.16 Å². The average Bonchev–Trinajstić information content (AvgIpc) is 3.49. The van der Waals surface area contributed by atoms with E-state index in [0.717, 1.165) is 29.4 Å². The van der Waals surface area contributed by atoms with E-state index in [1.54, 1.807) is 0 Å². The van der Waals surface area contributed by atoms with Gasteiger partial charge in [0.2, 0.25) is 0 Å². The highest BCUT2D eigenvalue weighted by atomic mass is 32.2. The molecule has 27 heavy (non-hydrogen) atoms. The van der Waals surface area contributed by atoms with Gasteiger partial charge in [0.25, 0.3) is 0 Å². The maximum absolute atomic E-state index is 12.4. The maximum Gasteiger partial charge on any atom is 0.323 e. The summed E-state index contributed by atoms with van der Waals surface area (Å²) >= 11 is 1.40. The number of carbonyl (C=O) groups is 1. The molecule has 1 heterocycles. The van der Waals surface area contributed by atoms with Crippen molar-refractivity contribution >= 4 is 17.7 Å². The lowest BCUT2D eigenvalue weighted by molar-refractivity contribution is -0.140. The Morgan fingerprint density at radius 2 is 1.78 bits per heavy atom. The first-order chi connectivity index (χ1) is 13.3. The SMILES string of the molecule is COC(=O)C(Sc1nnc(C2CC2)n1Cc1ccccc1)c1ccccc1. The Labute approximate surface area is 162 Å². The van der Waals surface area contributed by atoms with Gasteiger partial charge in [-0.15, -0.1) is 10.2 Å². The van der Waals surface area contributed by atoms with Gasteiger partial charge in [-0.05, 0) is 24.0 Å². The van der Waals surface area contributed by atoms with Crippen LogP contribution in [0.15, 0.2) is 65.8 Å². The molecular weight excluding hydrogens is 358 g/mol. The third kappa shape index (κ3) is 4.06. The van der Waals surface area contributed by atoms with Gasteiger partial charge in [-0.3, -0.25) is 4.79 Å². The molecule has 2 aromatic carbocycles. The Morgan fingerprint density at radius 3 is 2.41 bits per heavy atom. The van der Waals surface area contributed by atoms with Crippen molar-refractivity contribution in [3.63, 3.8) is 0 Å². The minimum Gasteiger partial charge on any atom is -0.468 e. The van der Waals surface area contributed by atoms with Crippen molar-refractivity contribution in [2.24, 2.45) is 0 Å². The molecule has 1 fully saturated rings. The molecular formula is C21H21N3O2S. The maximum atomic E-state index is 12.4. The van der Waals surface area contributed by atoms with E-state index >= 15 is 0 Å². The number of hydrogen-bond acceptors (Lipinski definition) is 5. The van der Waals surface area contributed by atoms with Crippen molar-refractivity contribution in [2.75, 3.05) is 7.11 Å². The Hall–Kier alpha value is -2.60.